The Morgan fingerprint density at radius 2 is 2.08 bits per heavy atom. The lowest BCUT2D eigenvalue weighted by atomic mass is 9.87. The van der Waals surface area contributed by atoms with Gasteiger partial charge in [0, 0.05) is 5.56 Å². The van der Waals surface area contributed by atoms with Gasteiger partial charge in [0.2, 0.25) is 0 Å². The van der Waals surface area contributed by atoms with Crippen LogP contribution in [0.5, 0.6) is 0 Å². The normalized spacial score (nSPS) is 18.4. The maximum Gasteiger partial charge on any atom is 0.392 e. The van der Waals surface area contributed by atoms with Crippen molar-refractivity contribution in [1.29, 1.82) is 0 Å². The van der Waals surface area contributed by atoms with E-state index in [9.17, 15) is 23.1 Å². The first-order valence-electron chi connectivity index (χ1n) is 8.49. The van der Waals surface area contributed by atoms with E-state index in [2.05, 4.69) is 10.1 Å². The summed E-state index contributed by atoms with van der Waals surface area (Å²) in [5, 5.41) is 13.6. The molecule has 0 radical (unpaired) electrons. The second-order valence-electron chi connectivity index (χ2n) is 6.96. The molecule has 0 amide bonds. The van der Waals surface area contributed by atoms with Crippen molar-refractivity contribution in [2.45, 2.75) is 52.1 Å². The van der Waals surface area contributed by atoms with Crippen LogP contribution in [-0.2, 0) is 0 Å². The van der Waals surface area contributed by atoms with Crippen LogP contribution in [0.1, 0.15) is 66.3 Å². The molecule has 1 aliphatic rings. The van der Waals surface area contributed by atoms with Crippen molar-refractivity contribution in [2.75, 3.05) is 0 Å². The van der Waals surface area contributed by atoms with Crippen molar-refractivity contribution in [3.8, 4) is 0 Å². The number of carbonyl (C=O) groups is 1. The second-order valence-corrected chi connectivity index (χ2v) is 6.96. The molecule has 2 heterocycles. The zero-order chi connectivity index (χ0) is 19.2. The Bertz CT molecular complexity index is 897. The Labute approximate surface area is 148 Å². The number of halogens is 3. The smallest absolute Gasteiger partial charge is 0.392 e. The van der Waals surface area contributed by atoms with Crippen LogP contribution in [0.15, 0.2) is 12.3 Å². The standard InChI is InChI=1S/C18H20F3N3O2/c1-9(2)14-13(17(25)26)8-22-24-15(10(3)23-16(14)24)11-4-6-12(7-5-11)18(19,20)21/h4,8-9,12H,5-7H2,1-3H3,(H,25,26). The van der Waals surface area contributed by atoms with E-state index in [0.29, 0.717) is 22.6 Å². The van der Waals surface area contributed by atoms with Gasteiger partial charge < -0.3 is 5.11 Å². The Hall–Kier alpha value is -2.38. The fraction of sp³-hybridized carbons (Fsp3) is 0.500. The third kappa shape index (κ3) is 3.08. The predicted octanol–water partition coefficient (Wildman–Crippen LogP) is 4.61. The highest BCUT2D eigenvalue weighted by atomic mass is 19.4. The molecule has 0 bridgehead atoms. The third-order valence-corrected chi connectivity index (χ3v) is 4.85. The molecule has 0 aliphatic heterocycles. The number of alkyl halides is 3. The van der Waals surface area contributed by atoms with Crippen LogP contribution in [0.25, 0.3) is 11.2 Å². The van der Waals surface area contributed by atoms with Crippen LogP contribution in [0.2, 0.25) is 0 Å². The Balaban J connectivity index is 2.12. The molecule has 1 unspecified atom stereocenters. The Kier molecular flexibility index (Phi) is 4.54. The van der Waals surface area contributed by atoms with Gasteiger partial charge in [-0.2, -0.15) is 18.3 Å². The zero-order valence-corrected chi connectivity index (χ0v) is 14.8. The summed E-state index contributed by atoms with van der Waals surface area (Å²) in [6.07, 6.45) is -1.02. The Morgan fingerprint density at radius 3 is 2.58 bits per heavy atom. The number of carboxylic acid groups (broad SMARTS) is 1. The lowest BCUT2D eigenvalue weighted by Crippen LogP contribution is -2.24. The number of nitrogens with zero attached hydrogens (tertiary/aromatic N) is 3. The van der Waals surface area contributed by atoms with Gasteiger partial charge in [0.05, 0.1) is 29.1 Å². The molecule has 0 aromatic carbocycles. The first-order valence-corrected chi connectivity index (χ1v) is 8.49. The van der Waals surface area contributed by atoms with E-state index >= 15 is 0 Å². The zero-order valence-electron chi connectivity index (χ0n) is 14.8. The van der Waals surface area contributed by atoms with Gasteiger partial charge in [0.25, 0.3) is 0 Å². The molecule has 26 heavy (non-hydrogen) atoms. The summed E-state index contributed by atoms with van der Waals surface area (Å²) in [7, 11) is 0. The maximum absolute atomic E-state index is 12.9. The van der Waals surface area contributed by atoms with E-state index in [4.69, 9.17) is 0 Å². The molecule has 3 rings (SSSR count). The van der Waals surface area contributed by atoms with Crippen molar-refractivity contribution < 1.29 is 23.1 Å². The molecular weight excluding hydrogens is 347 g/mol. The van der Waals surface area contributed by atoms with E-state index < -0.39 is 18.1 Å². The molecule has 1 aliphatic carbocycles. The average molecular weight is 367 g/mol. The molecular formula is C18H20F3N3O2. The molecule has 2 aromatic heterocycles. The van der Waals surface area contributed by atoms with Gasteiger partial charge in [0.1, 0.15) is 0 Å². The first-order chi connectivity index (χ1) is 12.1. The molecule has 2 aromatic rings. The average Bonchev–Trinajstić information content (AvgIpc) is 2.88. The second kappa shape index (κ2) is 6.41. The van der Waals surface area contributed by atoms with Crippen LogP contribution >= 0.6 is 0 Å². The molecule has 0 spiro atoms. The molecule has 0 fully saturated rings. The molecule has 8 heteroatoms. The third-order valence-electron chi connectivity index (χ3n) is 4.85. The summed E-state index contributed by atoms with van der Waals surface area (Å²) < 4.78 is 40.2. The number of aryl methyl sites for hydroxylation is 1. The van der Waals surface area contributed by atoms with Crippen molar-refractivity contribution in [1.82, 2.24) is 14.6 Å². The van der Waals surface area contributed by atoms with Gasteiger partial charge in [-0.05, 0) is 37.7 Å². The molecule has 5 nitrogen and oxygen atoms in total. The van der Waals surface area contributed by atoms with E-state index in [-0.39, 0.29) is 30.7 Å². The number of aromatic nitrogens is 3. The van der Waals surface area contributed by atoms with Gasteiger partial charge in [-0.1, -0.05) is 19.9 Å². The number of aromatic carboxylic acids is 1. The van der Waals surface area contributed by atoms with Gasteiger partial charge >= 0.3 is 12.1 Å². The molecule has 1 N–H and O–H groups in total. The summed E-state index contributed by atoms with van der Waals surface area (Å²) in [6.45, 7) is 5.52. The summed E-state index contributed by atoms with van der Waals surface area (Å²) in [5.41, 5.74) is 3.20. The van der Waals surface area contributed by atoms with E-state index in [1.54, 1.807) is 17.5 Å². The van der Waals surface area contributed by atoms with E-state index in [1.807, 2.05) is 13.8 Å². The fourth-order valence-corrected chi connectivity index (χ4v) is 3.57. The maximum atomic E-state index is 12.9. The molecule has 1 atom stereocenters. The van der Waals surface area contributed by atoms with E-state index in [0.717, 1.165) is 5.57 Å². The summed E-state index contributed by atoms with van der Waals surface area (Å²) in [5.74, 6) is -2.48. The van der Waals surface area contributed by atoms with Crippen molar-refractivity contribution in [2.24, 2.45) is 5.92 Å². The number of hydrogen-bond donors (Lipinski definition) is 1. The number of rotatable bonds is 3. The number of fused-ring (bicyclic) bond motifs is 1. The fourth-order valence-electron chi connectivity index (χ4n) is 3.57. The summed E-state index contributed by atoms with van der Waals surface area (Å²) in [6, 6.07) is 0. The minimum Gasteiger partial charge on any atom is -0.478 e. The van der Waals surface area contributed by atoms with Crippen LogP contribution < -0.4 is 0 Å². The predicted molar refractivity (Wildman–Crippen MR) is 90.1 cm³/mol. The highest BCUT2D eigenvalue weighted by molar-refractivity contribution is 5.91. The monoisotopic (exact) mass is 367 g/mol. The molecule has 0 saturated carbocycles. The lowest BCUT2D eigenvalue weighted by Gasteiger charge is -2.24. The molecule has 140 valence electrons. The van der Waals surface area contributed by atoms with Crippen LogP contribution in [0.4, 0.5) is 13.2 Å². The minimum atomic E-state index is -4.18. The van der Waals surface area contributed by atoms with Crippen molar-refractivity contribution in [3.05, 3.63) is 34.8 Å². The first kappa shape index (κ1) is 18.4. The number of hydrogen-bond acceptors (Lipinski definition) is 3. The summed E-state index contributed by atoms with van der Waals surface area (Å²) in [4.78, 5) is 16.0. The summed E-state index contributed by atoms with van der Waals surface area (Å²) >= 11 is 0. The minimum absolute atomic E-state index is 0.0340. The van der Waals surface area contributed by atoms with E-state index in [1.165, 1.54) is 6.20 Å². The van der Waals surface area contributed by atoms with Gasteiger partial charge in [-0.3, -0.25) is 0 Å². The molecule has 0 saturated heterocycles. The highest BCUT2D eigenvalue weighted by Gasteiger charge is 2.40. The van der Waals surface area contributed by atoms with Gasteiger partial charge in [0.15, 0.2) is 5.65 Å². The van der Waals surface area contributed by atoms with Crippen molar-refractivity contribution in [3.63, 3.8) is 0 Å². The largest absolute Gasteiger partial charge is 0.478 e. The van der Waals surface area contributed by atoms with Crippen LogP contribution in [0, 0.1) is 12.8 Å². The topological polar surface area (TPSA) is 67.5 Å². The van der Waals surface area contributed by atoms with Gasteiger partial charge in [-0.15, -0.1) is 0 Å². The van der Waals surface area contributed by atoms with Crippen LogP contribution in [-0.4, -0.2) is 31.9 Å². The quantitative estimate of drug-likeness (QED) is 0.861. The Morgan fingerprint density at radius 1 is 1.38 bits per heavy atom. The lowest BCUT2D eigenvalue weighted by molar-refractivity contribution is -0.175. The number of allylic oxidation sites excluding steroid dienone is 2. The SMILES string of the molecule is Cc1nc2c(C(C)C)c(C(=O)O)cnn2c1C1=CCC(C(F)(F)F)CC1. The van der Waals surface area contributed by atoms with Gasteiger partial charge in [-0.25, -0.2) is 14.3 Å². The van der Waals surface area contributed by atoms with Crippen LogP contribution in [0.3, 0.4) is 0 Å². The number of carboxylic acids is 1. The highest BCUT2D eigenvalue weighted by Crippen LogP contribution is 2.40. The number of imidazole rings is 1. The van der Waals surface area contributed by atoms with Crippen molar-refractivity contribution >= 4 is 17.2 Å².